The van der Waals surface area contributed by atoms with E-state index in [9.17, 15) is 9.18 Å². The van der Waals surface area contributed by atoms with Crippen molar-refractivity contribution in [3.63, 3.8) is 0 Å². The first kappa shape index (κ1) is 14.9. The summed E-state index contributed by atoms with van der Waals surface area (Å²) in [5.41, 5.74) is 1.29. The Morgan fingerprint density at radius 2 is 2.29 bits per heavy atom. The lowest BCUT2D eigenvalue weighted by molar-refractivity contribution is 0.0654. The van der Waals surface area contributed by atoms with E-state index in [1.807, 2.05) is 15.8 Å². The van der Waals surface area contributed by atoms with Crippen molar-refractivity contribution in [1.29, 1.82) is 0 Å². The maximum atomic E-state index is 13.3. The molecule has 1 saturated heterocycles. The summed E-state index contributed by atoms with van der Waals surface area (Å²) in [6.07, 6.45) is 5.55. The Morgan fingerprint density at radius 1 is 1.38 bits per heavy atom. The number of nitrogens with one attached hydrogen (secondary N) is 1. The highest BCUT2D eigenvalue weighted by molar-refractivity contribution is 5.98. The zero-order valence-corrected chi connectivity index (χ0v) is 13.2. The van der Waals surface area contributed by atoms with Gasteiger partial charge in [-0.2, -0.15) is 0 Å². The number of piperidine rings is 1. The van der Waals surface area contributed by atoms with Crippen LogP contribution in [0.1, 0.15) is 23.3 Å². The highest BCUT2D eigenvalue weighted by Crippen LogP contribution is 2.22. The number of carbonyl (C=O) groups excluding carboxylic acids is 1. The van der Waals surface area contributed by atoms with Crippen molar-refractivity contribution in [1.82, 2.24) is 24.9 Å². The van der Waals surface area contributed by atoms with Crippen LogP contribution in [0.4, 0.5) is 4.39 Å². The number of aromatic nitrogens is 4. The molecule has 0 spiro atoms. The number of likely N-dealkylation sites (tertiary alicyclic amines) is 1. The van der Waals surface area contributed by atoms with Crippen molar-refractivity contribution in [3.05, 3.63) is 48.2 Å². The fourth-order valence-electron chi connectivity index (χ4n) is 3.38. The molecular formula is C17H18FN5O. The molecule has 1 aromatic carbocycles. The molecule has 1 aliphatic heterocycles. The van der Waals surface area contributed by atoms with E-state index >= 15 is 0 Å². The van der Waals surface area contributed by atoms with E-state index in [0.29, 0.717) is 18.2 Å². The van der Waals surface area contributed by atoms with Gasteiger partial charge in [-0.3, -0.25) is 9.48 Å². The number of hydrogen-bond acceptors (Lipinski definition) is 3. The number of carbonyl (C=O) groups is 1. The van der Waals surface area contributed by atoms with Crippen molar-refractivity contribution >= 4 is 16.8 Å². The molecule has 1 aliphatic rings. The van der Waals surface area contributed by atoms with E-state index in [4.69, 9.17) is 0 Å². The summed E-state index contributed by atoms with van der Waals surface area (Å²) in [6.45, 7) is 2.21. The molecule has 24 heavy (non-hydrogen) atoms. The second kappa shape index (κ2) is 6.07. The largest absolute Gasteiger partial charge is 0.351 e. The highest BCUT2D eigenvalue weighted by atomic mass is 19.1. The van der Waals surface area contributed by atoms with Crippen molar-refractivity contribution in [3.8, 4) is 0 Å². The summed E-state index contributed by atoms with van der Waals surface area (Å²) >= 11 is 0. The van der Waals surface area contributed by atoms with Gasteiger partial charge in [-0.05, 0) is 43.0 Å². The second-order valence-corrected chi connectivity index (χ2v) is 6.30. The lowest BCUT2D eigenvalue weighted by Crippen LogP contribution is -2.41. The van der Waals surface area contributed by atoms with Gasteiger partial charge in [0, 0.05) is 36.7 Å². The molecule has 1 fully saturated rings. The molecule has 1 amide bonds. The van der Waals surface area contributed by atoms with E-state index in [0.717, 1.165) is 36.8 Å². The molecule has 1 atom stereocenters. The SMILES string of the molecule is O=C(c1cc2cc(F)ccc2[nH]1)N1CCCC(Cn2ccnn2)C1. The second-order valence-electron chi connectivity index (χ2n) is 6.30. The molecule has 3 aromatic rings. The Bertz CT molecular complexity index is 857. The summed E-state index contributed by atoms with van der Waals surface area (Å²) in [4.78, 5) is 17.7. The third-order valence-corrected chi connectivity index (χ3v) is 4.54. The fourth-order valence-corrected chi connectivity index (χ4v) is 3.38. The Kier molecular flexibility index (Phi) is 3.76. The quantitative estimate of drug-likeness (QED) is 0.803. The lowest BCUT2D eigenvalue weighted by atomic mass is 9.98. The average Bonchev–Trinajstić information content (AvgIpc) is 3.23. The predicted octanol–water partition coefficient (Wildman–Crippen LogP) is 2.45. The molecule has 0 saturated carbocycles. The number of amides is 1. The summed E-state index contributed by atoms with van der Waals surface area (Å²) in [5, 5.41) is 8.53. The Morgan fingerprint density at radius 3 is 3.12 bits per heavy atom. The van der Waals surface area contributed by atoms with Crippen molar-refractivity contribution in [2.45, 2.75) is 19.4 Å². The van der Waals surface area contributed by atoms with Crippen LogP contribution in [-0.4, -0.2) is 43.9 Å². The molecule has 0 radical (unpaired) electrons. The third-order valence-electron chi connectivity index (χ3n) is 4.54. The van der Waals surface area contributed by atoms with Gasteiger partial charge < -0.3 is 9.88 Å². The van der Waals surface area contributed by atoms with Crippen molar-refractivity contribution < 1.29 is 9.18 Å². The molecule has 2 aromatic heterocycles. The number of rotatable bonds is 3. The summed E-state index contributed by atoms with van der Waals surface area (Å²) in [7, 11) is 0. The van der Waals surface area contributed by atoms with E-state index in [-0.39, 0.29) is 11.7 Å². The topological polar surface area (TPSA) is 66.8 Å². The zero-order valence-electron chi connectivity index (χ0n) is 13.2. The minimum Gasteiger partial charge on any atom is -0.351 e. The first-order chi connectivity index (χ1) is 11.7. The molecule has 6 nitrogen and oxygen atoms in total. The number of halogens is 1. The molecule has 3 heterocycles. The van der Waals surface area contributed by atoms with Gasteiger partial charge in [0.25, 0.3) is 5.91 Å². The molecule has 1 unspecified atom stereocenters. The maximum Gasteiger partial charge on any atom is 0.270 e. The standard InChI is InChI=1S/C17H18FN5O/c18-14-3-4-15-13(8-14)9-16(20-15)17(24)22-6-1-2-12(10-22)11-23-7-5-19-21-23/h3-5,7-9,12,20H,1-2,6,10-11H2. The van der Waals surface area contributed by atoms with Crippen LogP contribution in [0, 0.1) is 11.7 Å². The number of H-pyrrole nitrogens is 1. The minimum atomic E-state index is -0.300. The maximum absolute atomic E-state index is 13.3. The summed E-state index contributed by atoms with van der Waals surface area (Å²) in [6, 6.07) is 6.21. The molecule has 7 heteroatoms. The number of hydrogen-bond donors (Lipinski definition) is 1. The first-order valence-electron chi connectivity index (χ1n) is 8.11. The van der Waals surface area contributed by atoms with Gasteiger partial charge in [-0.15, -0.1) is 5.10 Å². The smallest absolute Gasteiger partial charge is 0.270 e. The van der Waals surface area contributed by atoms with Crippen LogP contribution in [0.25, 0.3) is 10.9 Å². The normalized spacial score (nSPS) is 18.2. The lowest BCUT2D eigenvalue weighted by Gasteiger charge is -2.32. The Balaban J connectivity index is 1.50. The predicted molar refractivity (Wildman–Crippen MR) is 86.9 cm³/mol. The molecule has 0 aliphatic carbocycles. The van der Waals surface area contributed by atoms with Gasteiger partial charge in [0.1, 0.15) is 11.5 Å². The number of benzene rings is 1. The van der Waals surface area contributed by atoms with Gasteiger partial charge in [0.05, 0.1) is 6.20 Å². The molecule has 124 valence electrons. The van der Waals surface area contributed by atoms with Crippen LogP contribution >= 0.6 is 0 Å². The fraction of sp³-hybridized carbons (Fsp3) is 0.353. The van der Waals surface area contributed by atoms with Gasteiger partial charge in [-0.1, -0.05) is 5.21 Å². The van der Waals surface area contributed by atoms with Gasteiger partial charge in [0.2, 0.25) is 0 Å². The molecular weight excluding hydrogens is 309 g/mol. The molecule has 1 N–H and O–H groups in total. The molecule has 4 rings (SSSR count). The molecule has 0 bridgehead atoms. The average molecular weight is 327 g/mol. The van der Waals surface area contributed by atoms with E-state index < -0.39 is 0 Å². The van der Waals surface area contributed by atoms with Crippen LogP contribution in [-0.2, 0) is 6.54 Å². The van der Waals surface area contributed by atoms with E-state index in [2.05, 4.69) is 15.3 Å². The minimum absolute atomic E-state index is 0.0325. The third kappa shape index (κ3) is 2.89. The van der Waals surface area contributed by atoms with Gasteiger partial charge in [0.15, 0.2) is 0 Å². The number of fused-ring (bicyclic) bond motifs is 1. The zero-order chi connectivity index (χ0) is 16.5. The van der Waals surface area contributed by atoms with Gasteiger partial charge >= 0.3 is 0 Å². The highest BCUT2D eigenvalue weighted by Gasteiger charge is 2.25. The summed E-state index contributed by atoms with van der Waals surface area (Å²) in [5.74, 6) is 0.0347. The van der Waals surface area contributed by atoms with Crippen LogP contribution in [0.3, 0.4) is 0 Å². The monoisotopic (exact) mass is 327 g/mol. The van der Waals surface area contributed by atoms with Gasteiger partial charge in [-0.25, -0.2) is 4.39 Å². The van der Waals surface area contributed by atoms with Crippen LogP contribution < -0.4 is 0 Å². The van der Waals surface area contributed by atoms with Crippen LogP contribution in [0.5, 0.6) is 0 Å². The van der Waals surface area contributed by atoms with E-state index in [1.165, 1.54) is 12.1 Å². The number of nitrogens with zero attached hydrogens (tertiary/aromatic N) is 4. The van der Waals surface area contributed by atoms with E-state index in [1.54, 1.807) is 18.3 Å². The summed E-state index contributed by atoms with van der Waals surface area (Å²) < 4.78 is 15.1. The van der Waals surface area contributed by atoms with Crippen LogP contribution in [0.2, 0.25) is 0 Å². The Hall–Kier alpha value is -2.70. The Labute approximate surface area is 138 Å². The van der Waals surface area contributed by atoms with Crippen LogP contribution in [0.15, 0.2) is 36.7 Å². The van der Waals surface area contributed by atoms with Crippen molar-refractivity contribution in [2.75, 3.05) is 13.1 Å². The van der Waals surface area contributed by atoms with Crippen molar-refractivity contribution in [2.24, 2.45) is 5.92 Å². The first-order valence-corrected chi connectivity index (χ1v) is 8.11. The number of aromatic amines is 1.